The highest BCUT2D eigenvalue weighted by atomic mass is 16.5. The van der Waals surface area contributed by atoms with Gasteiger partial charge in [0.25, 0.3) is 0 Å². The van der Waals surface area contributed by atoms with Gasteiger partial charge in [0.1, 0.15) is 12.4 Å². The number of guanidine groups is 1. The normalized spacial score (nSPS) is 12.9. The summed E-state index contributed by atoms with van der Waals surface area (Å²) in [6.07, 6.45) is 0. The Hall–Kier alpha value is -2.27. The van der Waals surface area contributed by atoms with Gasteiger partial charge in [-0.25, -0.2) is 4.99 Å². The summed E-state index contributed by atoms with van der Waals surface area (Å²) < 4.78 is 11.1. The fourth-order valence-electron chi connectivity index (χ4n) is 2.48. The number of fused-ring (bicyclic) bond motifs is 1. The molecule has 0 aliphatic rings. The Balaban J connectivity index is 1.91. The Labute approximate surface area is 144 Å². The largest absolute Gasteiger partial charge is 0.491 e. The fraction of sp³-hybridized carbons (Fsp3) is 0.421. The van der Waals surface area contributed by atoms with Crippen molar-refractivity contribution in [3.05, 3.63) is 42.5 Å². The van der Waals surface area contributed by atoms with E-state index in [1.54, 1.807) is 7.11 Å². The van der Waals surface area contributed by atoms with E-state index in [0.29, 0.717) is 19.8 Å². The van der Waals surface area contributed by atoms with Gasteiger partial charge < -0.3 is 20.1 Å². The maximum atomic E-state index is 5.91. The van der Waals surface area contributed by atoms with Gasteiger partial charge in [-0.15, -0.1) is 0 Å². The minimum atomic E-state index is 0.201. The number of ether oxygens (including phenoxy) is 2. The summed E-state index contributed by atoms with van der Waals surface area (Å²) in [7, 11) is 1.69. The molecule has 5 nitrogen and oxygen atoms in total. The molecule has 2 N–H and O–H groups in total. The minimum Gasteiger partial charge on any atom is -0.491 e. The van der Waals surface area contributed by atoms with Gasteiger partial charge in [-0.1, -0.05) is 36.4 Å². The molecule has 0 saturated carbocycles. The molecular weight excluding hydrogens is 302 g/mol. The number of benzene rings is 2. The Morgan fingerprint density at radius 3 is 2.75 bits per heavy atom. The lowest BCUT2D eigenvalue weighted by Gasteiger charge is -2.17. The quantitative estimate of drug-likeness (QED) is 0.444. The Kier molecular flexibility index (Phi) is 7.36. The summed E-state index contributed by atoms with van der Waals surface area (Å²) in [4.78, 5) is 4.54. The zero-order valence-electron chi connectivity index (χ0n) is 14.7. The smallest absolute Gasteiger partial charge is 0.191 e. The molecule has 1 atom stereocenters. The van der Waals surface area contributed by atoms with Gasteiger partial charge in [-0.2, -0.15) is 0 Å². The van der Waals surface area contributed by atoms with Crippen molar-refractivity contribution in [2.24, 2.45) is 4.99 Å². The standard InChI is InChI=1S/C19H27N3O2/c1-4-20-19(22-15(2)14-23-3)21-12-13-24-18-11-7-9-16-8-5-6-10-17(16)18/h5-11,15H,4,12-14H2,1-3H3,(H2,20,21,22). The van der Waals surface area contributed by atoms with Crippen LogP contribution in [-0.2, 0) is 4.74 Å². The van der Waals surface area contributed by atoms with Gasteiger partial charge in [0, 0.05) is 25.1 Å². The van der Waals surface area contributed by atoms with Crippen LogP contribution in [0.2, 0.25) is 0 Å². The van der Waals surface area contributed by atoms with Gasteiger partial charge in [0.2, 0.25) is 0 Å². The zero-order valence-corrected chi connectivity index (χ0v) is 14.7. The number of nitrogens with one attached hydrogen (secondary N) is 2. The third kappa shape index (κ3) is 5.42. The molecule has 130 valence electrons. The van der Waals surface area contributed by atoms with Crippen molar-refractivity contribution in [1.29, 1.82) is 0 Å². The molecule has 24 heavy (non-hydrogen) atoms. The van der Waals surface area contributed by atoms with Crippen molar-refractivity contribution in [1.82, 2.24) is 10.6 Å². The lowest BCUT2D eigenvalue weighted by Crippen LogP contribution is -2.44. The third-order valence-electron chi connectivity index (χ3n) is 3.51. The van der Waals surface area contributed by atoms with E-state index in [9.17, 15) is 0 Å². The van der Waals surface area contributed by atoms with Crippen molar-refractivity contribution in [2.75, 3.05) is 33.4 Å². The molecule has 0 fully saturated rings. The molecule has 1 unspecified atom stereocenters. The van der Waals surface area contributed by atoms with E-state index in [2.05, 4.69) is 40.7 Å². The van der Waals surface area contributed by atoms with E-state index >= 15 is 0 Å². The van der Waals surface area contributed by atoms with E-state index in [-0.39, 0.29) is 6.04 Å². The number of aliphatic imine (C=N–C) groups is 1. The third-order valence-corrected chi connectivity index (χ3v) is 3.51. The SMILES string of the molecule is CCNC(=NCCOc1cccc2ccccc12)NC(C)COC. The Morgan fingerprint density at radius 1 is 1.17 bits per heavy atom. The highest BCUT2D eigenvalue weighted by Crippen LogP contribution is 2.24. The molecule has 0 radical (unpaired) electrons. The van der Waals surface area contributed by atoms with Gasteiger partial charge >= 0.3 is 0 Å². The Bertz CT molecular complexity index is 653. The number of rotatable bonds is 8. The first kappa shape index (κ1) is 18.1. The summed E-state index contributed by atoms with van der Waals surface area (Å²) in [5.41, 5.74) is 0. The lowest BCUT2D eigenvalue weighted by molar-refractivity contribution is 0.179. The van der Waals surface area contributed by atoms with E-state index in [4.69, 9.17) is 9.47 Å². The molecule has 5 heteroatoms. The highest BCUT2D eigenvalue weighted by Gasteiger charge is 2.04. The van der Waals surface area contributed by atoms with Crippen LogP contribution in [0.1, 0.15) is 13.8 Å². The molecule has 2 rings (SSSR count). The van der Waals surface area contributed by atoms with E-state index in [1.807, 2.05) is 31.2 Å². The molecule has 0 spiro atoms. The molecule has 0 aliphatic carbocycles. The average molecular weight is 329 g/mol. The van der Waals surface area contributed by atoms with Crippen LogP contribution in [-0.4, -0.2) is 45.4 Å². The van der Waals surface area contributed by atoms with Crippen LogP contribution in [0.15, 0.2) is 47.5 Å². The van der Waals surface area contributed by atoms with E-state index in [1.165, 1.54) is 5.39 Å². The first-order valence-electron chi connectivity index (χ1n) is 8.39. The molecule has 2 aromatic carbocycles. The van der Waals surface area contributed by atoms with Crippen molar-refractivity contribution in [2.45, 2.75) is 19.9 Å². The summed E-state index contributed by atoms with van der Waals surface area (Å²) in [5.74, 6) is 1.68. The topological polar surface area (TPSA) is 54.9 Å². The zero-order chi connectivity index (χ0) is 17.2. The number of methoxy groups -OCH3 is 1. The predicted molar refractivity (Wildman–Crippen MR) is 99.9 cm³/mol. The number of hydrogen-bond donors (Lipinski definition) is 2. The van der Waals surface area contributed by atoms with Crippen LogP contribution in [0.4, 0.5) is 0 Å². The maximum absolute atomic E-state index is 5.91. The highest BCUT2D eigenvalue weighted by molar-refractivity contribution is 5.88. The van der Waals surface area contributed by atoms with Crippen LogP contribution in [0.25, 0.3) is 10.8 Å². The van der Waals surface area contributed by atoms with Crippen LogP contribution in [0.5, 0.6) is 5.75 Å². The maximum Gasteiger partial charge on any atom is 0.191 e. The van der Waals surface area contributed by atoms with Crippen LogP contribution in [0.3, 0.4) is 0 Å². The first-order valence-corrected chi connectivity index (χ1v) is 8.39. The summed E-state index contributed by atoms with van der Waals surface area (Å²) in [6, 6.07) is 14.5. The van der Waals surface area contributed by atoms with Crippen molar-refractivity contribution < 1.29 is 9.47 Å². The summed E-state index contributed by atoms with van der Waals surface area (Å²) in [5, 5.41) is 8.84. The second-order valence-corrected chi connectivity index (χ2v) is 5.59. The predicted octanol–water partition coefficient (Wildman–Crippen LogP) is 2.81. The van der Waals surface area contributed by atoms with Crippen molar-refractivity contribution in [3.8, 4) is 5.75 Å². The molecule has 0 saturated heterocycles. The molecular formula is C19H27N3O2. The second kappa shape index (κ2) is 9.78. The van der Waals surface area contributed by atoms with Gasteiger partial charge in [-0.05, 0) is 25.3 Å². The first-order chi connectivity index (χ1) is 11.7. The molecule has 0 bridgehead atoms. The summed E-state index contributed by atoms with van der Waals surface area (Å²) in [6.45, 7) is 6.67. The molecule has 0 aliphatic heterocycles. The average Bonchev–Trinajstić information content (AvgIpc) is 2.59. The lowest BCUT2D eigenvalue weighted by atomic mass is 10.1. The molecule has 0 heterocycles. The van der Waals surface area contributed by atoms with Gasteiger partial charge in [-0.3, -0.25) is 0 Å². The number of nitrogens with zero attached hydrogens (tertiary/aromatic N) is 1. The van der Waals surface area contributed by atoms with E-state index in [0.717, 1.165) is 23.6 Å². The van der Waals surface area contributed by atoms with Crippen molar-refractivity contribution in [3.63, 3.8) is 0 Å². The molecule has 0 aromatic heterocycles. The monoisotopic (exact) mass is 329 g/mol. The van der Waals surface area contributed by atoms with Gasteiger partial charge in [0.05, 0.1) is 13.2 Å². The number of hydrogen-bond acceptors (Lipinski definition) is 3. The fourth-order valence-corrected chi connectivity index (χ4v) is 2.48. The minimum absolute atomic E-state index is 0.201. The van der Waals surface area contributed by atoms with Gasteiger partial charge in [0.15, 0.2) is 5.96 Å². The summed E-state index contributed by atoms with van der Waals surface area (Å²) >= 11 is 0. The van der Waals surface area contributed by atoms with Crippen molar-refractivity contribution >= 4 is 16.7 Å². The van der Waals surface area contributed by atoms with E-state index < -0.39 is 0 Å². The molecule has 0 amide bonds. The van der Waals surface area contributed by atoms with Crippen LogP contribution < -0.4 is 15.4 Å². The second-order valence-electron chi connectivity index (χ2n) is 5.59. The van der Waals surface area contributed by atoms with Crippen LogP contribution >= 0.6 is 0 Å². The molecule has 2 aromatic rings. The Morgan fingerprint density at radius 2 is 1.96 bits per heavy atom. The van der Waals surface area contributed by atoms with Crippen LogP contribution in [0, 0.1) is 0 Å².